The molecule has 0 amide bonds. The van der Waals surface area contributed by atoms with E-state index in [1.165, 1.54) is 0 Å². The molecule has 2 unspecified atom stereocenters. The van der Waals surface area contributed by atoms with Gasteiger partial charge in [-0.1, -0.05) is 29.8 Å². The molecule has 0 saturated heterocycles. The molecule has 2 nitrogen and oxygen atoms in total. The fourth-order valence-corrected chi connectivity index (χ4v) is 3.55. The molecule has 1 aromatic heterocycles. The highest BCUT2D eigenvalue weighted by atomic mass is 79.9. The van der Waals surface area contributed by atoms with Gasteiger partial charge in [0.2, 0.25) is 0 Å². The highest BCUT2D eigenvalue weighted by molar-refractivity contribution is 9.11. The quantitative estimate of drug-likeness (QED) is 0.833. The largest absolute Gasteiger partial charge is 0.366 e. The van der Waals surface area contributed by atoms with Crippen LogP contribution in [0.15, 0.2) is 40.2 Å². The summed E-state index contributed by atoms with van der Waals surface area (Å²) >= 11 is 11.2. The van der Waals surface area contributed by atoms with Gasteiger partial charge >= 0.3 is 0 Å². The number of ether oxygens (including phenoxy) is 1. The molecule has 0 bridgehead atoms. The van der Waals surface area contributed by atoms with Gasteiger partial charge in [0.15, 0.2) is 0 Å². The summed E-state index contributed by atoms with van der Waals surface area (Å²) in [5, 5.41) is 0.721. The second-order valence-electron chi connectivity index (χ2n) is 4.32. The lowest BCUT2D eigenvalue weighted by atomic mass is 10.1. The van der Waals surface area contributed by atoms with E-state index in [0.717, 1.165) is 19.2 Å². The molecule has 2 aromatic rings. The van der Waals surface area contributed by atoms with Crippen molar-refractivity contribution in [2.75, 3.05) is 0 Å². The van der Waals surface area contributed by atoms with Gasteiger partial charge in [0.1, 0.15) is 6.10 Å². The lowest BCUT2D eigenvalue weighted by Gasteiger charge is -2.20. The van der Waals surface area contributed by atoms with Crippen LogP contribution in [0, 0.1) is 0 Å². The molecule has 0 fully saturated rings. The molecule has 0 spiro atoms. The number of thiophene rings is 1. The summed E-state index contributed by atoms with van der Waals surface area (Å²) in [5.41, 5.74) is 6.99. The van der Waals surface area contributed by atoms with E-state index in [-0.39, 0.29) is 12.1 Å². The third-order valence-electron chi connectivity index (χ3n) is 2.73. The van der Waals surface area contributed by atoms with Gasteiger partial charge < -0.3 is 10.5 Å². The number of hydrogen-bond acceptors (Lipinski definition) is 3. The smallest absolute Gasteiger partial charge is 0.107 e. The summed E-state index contributed by atoms with van der Waals surface area (Å²) in [6, 6.07) is 11.7. The minimum absolute atomic E-state index is 0.0759. The zero-order valence-electron chi connectivity index (χ0n) is 10.5. The Balaban J connectivity index is 2.08. The molecular formula is C14H15BrClNOS. The summed E-state index contributed by atoms with van der Waals surface area (Å²) in [4.78, 5) is 1.12. The molecule has 2 atom stereocenters. The van der Waals surface area contributed by atoms with Crippen molar-refractivity contribution in [3.63, 3.8) is 0 Å². The van der Waals surface area contributed by atoms with Crippen molar-refractivity contribution < 1.29 is 4.74 Å². The van der Waals surface area contributed by atoms with E-state index in [0.29, 0.717) is 6.61 Å². The molecule has 0 aliphatic heterocycles. The first-order valence-electron chi connectivity index (χ1n) is 5.93. The maximum Gasteiger partial charge on any atom is 0.107 e. The predicted molar refractivity (Wildman–Crippen MR) is 84.7 cm³/mol. The zero-order valence-corrected chi connectivity index (χ0v) is 13.6. The standard InChI is InChI=1S/C14H15BrClNOS/c1-9(17)14(12-6-7-13(15)19-12)18-8-10-4-2-3-5-11(10)16/h2-7,9,14H,8,17H2,1H3. The molecule has 1 aromatic carbocycles. The van der Waals surface area contributed by atoms with Crippen LogP contribution in [0.3, 0.4) is 0 Å². The van der Waals surface area contributed by atoms with Gasteiger partial charge in [-0.3, -0.25) is 0 Å². The van der Waals surface area contributed by atoms with E-state index >= 15 is 0 Å². The van der Waals surface area contributed by atoms with Crippen molar-refractivity contribution in [2.45, 2.75) is 25.7 Å². The van der Waals surface area contributed by atoms with Gasteiger partial charge in [-0.25, -0.2) is 0 Å². The molecule has 2 N–H and O–H groups in total. The molecule has 1 heterocycles. The van der Waals surface area contributed by atoms with Gasteiger partial charge in [-0.15, -0.1) is 11.3 Å². The van der Waals surface area contributed by atoms with Crippen molar-refractivity contribution in [3.8, 4) is 0 Å². The van der Waals surface area contributed by atoms with Crippen LogP contribution in [0.2, 0.25) is 5.02 Å². The summed E-state index contributed by atoms with van der Waals surface area (Å²) in [6.07, 6.45) is -0.118. The Morgan fingerprint density at radius 1 is 1.32 bits per heavy atom. The van der Waals surface area contributed by atoms with E-state index < -0.39 is 0 Å². The van der Waals surface area contributed by atoms with Crippen LogP contribution >= 0.6 is 38.9 Å². The van der Waals surface area contributed by atoms with Gasteiger partial charge in [0.05, 0.1) is 10.4 Å². The lowest BCUT2D eigenvalue weighted by Crippen LogP contribution is -2.26. The first-order valence-corrected chi connectivity index (χ1v) is 7.92. The number of benzene rings is 1. The predicted octanol–water partition coefficient (Wildman–Crippen LogP) is 4.77. The molecular weight excluding hydrogens is 346 g/mol. The van der Waals surface area contributed by atoms with Crippen molar-refractivity contribution in [1.29, 1.82) is 0 Å². The third kappa shape index (κ3) is 4.04. The Bertz CT molecular complexity index is 544. The van der Waals surface area contributed by atoms with Crippen LogP contribution < -0.4 is 5.73 Å². The Morgan fingerprint density at radius 3 is 2.63 bits per heavy atom. The average Bonchev–Trinajstić information content (AvgIpc) is 2.78. The number of nitrogens with two attached hydrogens (primary N) is 1. The van der Waals surface area contributed by atoms with Gasteiger partial charge in [0, 0.05) is 15.9 Å². The van der Waals surface area contributed by atoms with E-state index in [4.69, 9.17) is 22.1 Å². The number of hydrogen-bond donors (Lipinski definition) is 1. The maximum atomic E-state index is 6.12. The molecule has 0 radical (unpaired) electrons. The average molecular weight is 361 g/mol. The van der Waals surface area contributed by atoms with Crippen molar-refractivity contribution in [2.24, 2.45) is 5.73 Å². The summed E-state index contributed by atoms with van der Waals surface area (Å²) in [5.74, 6) is 0. The minimum atomic E-state index is -0.118. The molecule has 0 saturated carbocycles. The molecule has 0 aliphatic rings. The SMILES string of the molecule is CC(N)C(OCc1ccccc1Cl)c1ccc(Br)s1. The fourth-order valence-electron chi connectivity index (χ4n) is 1.77. The van der Waals surface area contributed by atoms with Crippen LogP contribution in [0.4, 0.5) is 0 Å². The van der Waals surface area contributed by atoms with Crippen LogP contribution in [0.5, 0.6) is 0 Å². The van der Waals surface area contributed by atoms with Gasteiger partial charge in [-0.2, -0.15) is 0 Å². The van der Waals surface area contributed by atoms with Crippen LogP contribution in [0.25, 0.3) is 0 Å². The van der Waals surface area contributed by atoms with E-state index in [2.05, 4.69) is 15.9 Å². The molecule has 0 aliphatic carbocycles. The van der Waals surface area contributed by atoms with Gasteiger partial charge in [0.25, 0.3) is 0 Å². The van der Waals surface area contributed by atoms with Crippen molar-refractivity contribution in [3.05, 3.63) is 55.6 Å². The molecule has 2 rings (SSSR count). The van der Waals surface area contributed by atoms with Crippen LogP contribution in [0.1, 0.15) is 23.5 Å². The number of halogens is 2. The van der Waals surface area contributed by atoms with Crippen LogP contribution in [-0.4, -0.2) is 6.04 Å². The second-order valence-corrected chi connectivity index (χ2v) is 7.23. The first kappa shape index (κ1) is 15.0. The first-order chi connectivity index (χ1) is 9.08. The summed E-state index contributed by atoms with van der Waals surface area (Å²) in [6.45, 7) is 2.41. The van der Waals surface area contributed by atoms with Crippen LogP contribution in [-0.2, 0) is 11.3 Å². The summed E-state index contributed by atoms with van der Waals surface area (Å²) in [7, 11) is 0. The highest BCUT2D eigenvalue weighted by Gasteiger charge is 2.19. The second kappa shape index (κ2) is 6.86. The molecule has 5 heteroatoms. The summed E-state index contributed by atoms with van der Waals surface area (Å²) < 4.78 is 7.03. The maximum absolute atomic E-state index is 6.12. The van der Waals surface area contributed by atoms with E-state index in [9.17, 15) is 0 Å². The Labute approximate surface area is 130 Å². The highest BCUT2D eigenvalue weighted by Crippen LogP contribution is 2.32. The van der Waals surface area contributed by atoms with Crippen molar-refractivity contribution in [1.82, 2.24) is 0 Å². The lowest BCUT2D eigenvalue weighted by molar-refractivity contribution is 0.0283. The van der Waals surface area contributed by atoms with Gasteiger partial charge in [-0.05, 0) is 46.6 Å². The van der Waals surface area contributed by atoms with E-state index in [1.807, 2.05) is 43.3 Å². The van der Waals surface area contributed by atoms with Crippen molar-refractivity contribution >= 4 is 38.9 Å². The molecule has 102 valence electrons. The molecule has 19 heavy (non-hydrogen) atoms. The Morgan fingerprint density at radius 2 is 2.05 bits per heavy atom. The Hall–Kier alpha value is -0.390. The Kier molecular flexibility index (Phi) is 5.42. The van der Waals surface area contributed by atoms with E-state index in [1.54, 1.807) is 11.3 Å². The normalized spacial score (nSPS) is 14.3. The minimum Gasteiger partial charge on any atom is -0.366 e. The topological polar surface area (TPSA) is 35.2 Å². The number of rotatable bonds is 5. The zero-order chi connectivity index (χ0) is 13.8. The third-order valence-corrected chi connectivity index (χ3v) is 4.78. The fraction of sp³-hybridized carbons (Fsp3) is 0.286. The monoisotopic (exact) mass is 359 g/mol.